The van der Waals surface area contributed by atoms with Crippen molar-refractivity contribution in [3.63, 3.8) is 0 Å². The number of carbonyl (C=O) groups excluding carboxylic acids is 2. The Morgan fingerprint density at radius 1 is 1.40 bits per heavy atom. The van der Waals surface area contributed by atoms with Crippen LogP contribution < -0.4 is 11.2 Å². The molecule has 0 aromatic heterocycles. The first-order valence-corrected chi connectivity index (χ1v) is 6.85. The van der Waals surface area contributed by atoms with Crippen molar-refractivity contribution in [2.24, 2.45) is 10.8 Å². The van der Waals surface area contributed by atoms with Crippen LogP contribution in [0, 0.1) is 0 Å². The molecule has 20 heavy (non-hydrogen) atoms. The molecule has 6 heteroatoms. The lowest BCUT2D eigenvalue weighted by molar-refractivity contribution is -0.104. The molecule has 2 aliphatic rings. The third-order valence-corrected chi connectivity index (χ3v) is 3.40. The number of nitrogens with zero attached hydrogens (tertiary/aromatic N) is 1. The van der Waals surface area contributed by atoms with Gasteiger partial charge in [0.15, 0.2) is 12.0 Å². The molecule has 0 aromatic carbocycles. The van der Waals surface area contributed by atoms with Gasteiger partial charge in [-0.25, -0.2) is 10.2 Å². The van der Waals surface area contributed by atoms with Crippen LogP contribution in [0.25, 0.3) is 0 Å². The van der Waals surface area contributed by atoms with E-state index in [0.29, 0.717) is 23.5 Å². The number of primary amides is 1. The lowest BCUT2D eigenvalue weighted by Crippen LogP contribution is -2.28. The van der Waals surface area contributed by atoms with Crippen LogP contribution in [0.3, 0.4) is 0 Å². The third kappa shape index (κ3) is 3.69. The van der Waals surface area contributed by atoms with Gasteiger partial charge in [-0.3, -0.25) is 4.79 Å². The van der Waals surface area contributed by atoms with E-state index in [4.69, 9.17) is 10.5 Å². The molecule has 0 heterocycles. The van der Waals surface area contributed by atoms with Gasteiger partial charge in [-0.15, -0.1) is 0 Å². The molecule has 0 spiro atoms. The van der Waals surface area contributed by atoms with E-state index in [1.807, 2.05) is 0 Å². The van der Waals surface area contributed by atoms with Crippen LogP contribution in [0.4, 0.5) is 4.79 Å². The second-order valence-electron chi connectivity index (χ2n) is 4.92. The topological polar surface area (TPSA) is 93.8 Å². The largest absolute Gasteiger partial charge is 0.488 e. The van der Waals surface area contributed by atoms with E-state index in [-0.39, 0.29) is 6.10 Å². The molecule has 0 unspecified atom stereocenters. The zero-order valence-electron chi connectivity index (χ0n) is 11.3. The van der Waals surface area contributed by atoms with E-state index in [9.17, 15) is 9.59 Å². The molecule has 0 aliphatic heterocycles. The lowest BCUT2D eigenvalue weighted by Gasteiger charge is -2.26. The van der Waals surface area contributed by atoms with Gasteiger partial charge in [-0.1, -0.05) is 18.6 Å². The van der Waals surface area contributed by atoms with E-state index in [1.165, 1.54) is 6.42 Å². The zero-order chi connectivity index (χ0) is 14.4. The van der Waals surface area contributed by atoms with Crippen molar-refractivity contribution in [2.45, 2.75) is 44.6 Å². The Morgan fingerprint density at radius 2 is 2.15 bits per heavy atom. The van der Waals surface area contributed by atoms with Crippen LogP contribution in [0.15, 0.2) is 28.6 Å². The van der Waals surface area contributed by atoms with Crippen LogP contribution in [-0.2, 0) is 9.53 Å². The Hall–Kier alpha value is -2.11. The Kier molecular flexibility index (Phi) is 4.92. The van der Waals surface area contributed by atoms with Gasteiger partial charge in [0.25, 0.3) is 0 Å². The summed E-state index contributed by atoms with van der Waals surface area (Å²) >= 11 is 0. The number of allylic oxidation sites excluding steroid dienone is 4. The molecule has 1 fully saturated rings. The minimum Gasteiger partial charge on any atom is -0.488 e. The minimum atomic E-state index is -0.739. The van der Waals surface area contributed by atoms with Crippen LogP contribution >= 0.6 is 0 Å². The molecule has 108 valence electrons. The Morgan fingerprint density at radius 3 is 2.80 bits per heavy atom. The summed E-state index contributed by atoms with van der Waals surface area (Å²) in [5, 5.41) is 3.93. The maximum absolute atomic E-state index is 11.1. The highest BCUT2D eigenvalue weighted by molar-refractivity contribution is 6.06. The smallest absolute Gasteiger partial charge is 0.332 e. The Balaban J connectivity index is 2.17. The van der Waals surface area contributed by atoms with Crippen LogP contribution in [0.1, 0.15) is 38.5 Å². The highest BCUT2D eigenvalue weighted by atomic mass is 16.5. The van der Waals surface area contributed by atoms with Gasteiger partial charge in [-0.2, -0.15) is 5.10 Å². The van der Waals surface area contributed by atoms with Crippen molar-refractivity contribution >= 4 is 18.0 Å². The second kappa shape index (κ2) is 6.88. The number of hydrogen-bond donors (Lipinski definition) is 2. The first-order chi connectivity index (χ1) is 9.70. The number of nitrogens with two attached hydrogens (primary N) is 1. The van der Waals surface area contributed by atoms with Crippen LogP contribution in [0.2, 0.25) is 0 Å². The molecule has 2 rings (SSSR count). The Bertz CT molecular complexity index is 474. The summed E-state index contributed by atoms with van der Waals surface area (Å²) in [5.74, 6) is 0.461. The van der Waals surface area contributed by atoms with Crippen LogP contribution in [0.5, 0.6) is 0 Å². The standard InChI is InChI=1S/C14H19N3O3/c15-14(19)17-16-12-8-4-5-10(9-18)13(12)20-11-6-2-1-3-7-11/h4-5,9,11H,1-3,6-8H2,(H3,15,17,19). The average molecular weight is 277 g/mol. The molecule has 3 N–H and O–H groups in total. The molecule has 0 atom stereocenters. The summed E-state index contributed by atoms with van der Waals surface area (Å²) < 4.78 is 5.95. The van der Waals surface area contributed by atoms with E-state index in [0.717, 1.165) is 32.0 Å². The van der Waals surface area contributed by atoms with E-state index < -0.39 is 6.03 Å². The number of urea groups is 1. The summed E-state index contributed by atoms with van der Waals surface area (Å²) in [6, 6.07) is -0.739. The SMILES string of the molecule is NC(=O)NN=C1CC=CC(C=O)=C1OC1CCCCC1. The minimum absolute atomic E-state index is 0.110. The van der Waals surface area contributed by atoms with Crippen molar-refractivity contribution in [2.75, 3.05) is 0 Å². The summed E-state index contributed by atoms with van der Waals surface area (Å²) in [5.41, 5.74) is 8.17. The maximum Gasteiger partial charge on any atom is 0.332 e. The number of aldehydes is 1. The lowest BCUT2D eigenvalue weighted by atomic mass is 9.97. The highest BCUT2D eigenvalue weighted by Gasteiger charge is 2.22. The average Bonchev–Trinajstić information content (AvgIpc) is 2.47. The third-order valence-electron chi connectivity index (χ3n) is 3.40. The fourth-order valence-electron chi connectivity index (χ4n) is 2.43. The van der Waals surface area contributed by atoms with Crippen molar-refractivity contribution < 1.29 is 14.3 Å². The van der Waals surface area contributed by atoms with Gasteiger partial charge >= 0.3 is 6.03 Å². The van der Waals surface area contributed by atoms with Gasteiger partial charge in [0.1, 0.15) is 5.71 Å². The summed E-state index contributed by atoms with van der Waals surface area (Å²) in [7, 11) is 0. The van der Waals surface area contributed by atoms with Crippen molar-refractivity contribution in [1.29, 1.82) is 0 Å². The predicted octanol–water partition coefficient (Wildman–Crippen LogP) is 1.77. The maximum atomic E-state index is 11.1. The number of carbonyl (C=O) groups is 2. The monoisotopic (exact) mass is 277 g/mol. The number of hydrazone groups is 1. The van der Waals surface area contributed by atoms with Gasteiger partial charge in [-0.05, 0) is 25.7 Å². The second-order valence-corrected chi connectivity index (χ2v) is 4.92. The van der Waals surface area contributed by atoms with Gasteiger partial charge in [0.2, 0.25) is 0 Å². The number of amides is 2. The number of ether oxygens (including phenoxy) is 1. The molecule has 1 saturated carbocycles. The van der Waals surface area contributed by atoms with Crippen molar-refractivity contribution in [3.8, 4) is 0 Å². The molecular formula is C14H19N3O3. The van der Waals surface area contributed by atoms with E-state index in [2.05, 4.69) is 10.5 Å². The normalized spacial score (nSPS) is 21.9. The van der Waals surface area contributed by atoms with Gasteiger partial charge in [0, 0.05) is 6.42 Å². The molecule has 2 aliphatic carbocycles. The first kappa shape index (κ1) is 14.3. The summed E-state index contributed by atoms with van der Waals surface area (Å²) in [4.78, 5) is 21.9. The highest BCUT2D eigenvalue weighted by Crippen LogP contribution is 2.26. The van der Waals surface area contributed by atoms with Crippen LogP contribution in [-0.4, -0.2) is 24.1 Å². The zero-order valence-corrected chi connectivity index (χ0v) is 11.3. The quantitative estimate of drug-likeness (QED) is 0.605. The molecule has 0 bridgehead atoms. The van der Waals surface area contributed by atoms with Crippen molar-refractivity contribution in [3.05, 3.63) is 23.5 Å². The molecule has 6 nitrogen and oxygen atoms in total. The fourth-order valence-corrected chi connectivity index (χ4v) is 2.43. The molecule has 0 aromatic rings. The van der Waals surface area contributed by atoms with Gasteiger partial charge in [0.05, 0.1) is 11.7 Å². The van der Waals surface area contributed by atoms with Gasteiger partial charge < -0.3 is 10.5 Å². The summed E-state index contributed by atoms with van der Waals surface area (Å²) in [6.45, 7) is 0. The fraction of sp³-hybridized carbons (Fsp3) is 0.500. The number of rotatable bonds is 4. The molecule has 0 saturated heterocycles. The van der Waals surface area contributed by atoms with Crippen molar-refractivity contribution in [1.82, 2.24) is 5.43 Å². The first-order valence-electron chi connectivity index (χ1n) is 6.85. The Labute approximate surface area is 117 Å². The molecular weight excluding hydrogens is 258 g/mol. The van der Waals surface area contributed by atoms with E-state index >= 15 is 0 Å². The molecule has 2 amide bonds. The number of hydrogen-bond acceptors (Lipinski definition) is 4. The molecule has 0 radical (unpaired) electrons. The summed E-state index contributed by atoms with van der Waals surface area (Å²) in [6.07, 6.45) is 10.3. The predicted molar refractivity (Wildman–Crippen MR) is 75.0 cm³/mol. The number of nitrogens with one attached hydrogen (secondary N) is 1. The van der Waals surface area contributed by atoms with E-state index in [1.54, 1.807) is 12.2 Å².